The fraction of sp³-hybridized carbons (Fsp3) is 0.200. The summed E-state index contributed by atoms with van der Waals surface area (Å²) in [5.74, 6) is -0.392. The molecular formula is C25H19F4N3O2. The van der Waals surface area contributed by atoms with E-state index in [1.54, 1.807) is 29.3 Å². The fourth-order valence-electron chi connectivity index (χ4n) is 3.89. The van der Waals surface area contributed by atoms with Crippen LogP contribution in [0.5, 0.6) is 11.5 Å². The Kier molecular flexibility index (Phi) is 5.47. The molecule has 9 heteroatoms. The zero-order valence-corrected chi connectivity index (χ0v) is 18.0. The summed E-state index contributed by atoms with van der Waals surface area (Å²) < 4.78 is 66.5. The summed E-state index contributed by atoms with van der Waals surface area (Å²) in [6, 6.07) is 9.63. The maximum atomic E-state index is 14.9. The minimum absolute atomic E-state index is 0.0536. The lowest BCUT2D eigenvalue weighted by Gasteiger charge is -2.27. The zero-order chi connectivity index (χ0) is 23.9. The molecule has 0 fully saturated rings. The van der Waals surface area contributed by atoms with E-state index in [1.165, 1.54) is 18.2 Å². The standard InChI is InChI=1S/C25H19F4N3O2/c1-32-13-19(12-31-32)18-7-16(10-30-11-18)6-15-8-21(26)24-22(9-15)33-14-23(34-24)17-2-4-20(5-3-17)25(27,28)29/h2-5,7-13,23H,6,14H2,1H3. The maximum absolute atomic E-state index is 14.9. The minimum Gasteiger partial charge on any atom is -0.485 e. The molecule has 0 spiro atoms. The number of hydrogen-bond acceptors (Lipinski definition) is 4. The molecular weight excluding hydrogens is 450 g/mol. The van der Waals surface area contributed by atoms with E-state index in [-0.39, 0.29) is 18.1 Å². The predicted molar refractivity (Wildman–Crippen MR) is 116 cm³/mol. The van der Waals surface area contributed by atoms with E-state index >= 15 is 0 Å². The van der Waals surface area contributed by atoms with E-state index in [1.807, 2.05) is 19.3 Å². The number of halogens is 4. The van der Waals surface area contributed by atoms with Crippen LogP contribution in [-0.2, 0) is 19.6 Å². The van der Waals surface area contributed by atoms with E-state index in [4.69, 9.17) is 9.47 Å². The Morgan fingerprint density at radius 3 is 2.50 bits per heavy atom. The van der Waals surface area contributed by atoms with Crippen LogP contribution in [0.2, 0.25) is 0 Å². The van der Waals surface area contributed by atoms with E-state index < -0.39 is 23.7 Å². The van der Waals surface area contributed by atoms with Crippen LogP contribution in [0.15, 0.2) is 67.3 Å². The number of pyridine rings is 1. The molecule has 0 radical (unpaired) electrons. The van der Waals surface area contributed by atoms with Gasteiger partial charge in [0, 0.05) is 36.8 Å². The molecule has 0 saturated heterocycles. The zero-order valence-electron chi connectivity index (χ0n) is 18.0. The summed E-state index contributed by atoms with van der Waals surface area (Å²) >= 11 is 0. The third-order valence-electron chi connectivity index (χ3n) is 5.57. The Morgan fingerprint density at radius 2 is 1.79 bits per heavy atom. The number of benzene rings is 2. The van der Waals surface area contributed by atoms with Gasteiger partial charge in [-0.3, -0.25) is 9.67 Å². The van der Waals surface area contributed by atoms with Gasteiger partial charge in [0.25, 0.3) is 0 Å². The highest BCUT2D eigenvalue weighted by atomic mass is 19.4. The summed E-state index contributed by atoms with van der Waals surface area (Å²) in [5, 5.41) is 4.17. The van der Waals surface area contributed by atoms with Crippen LogP contribution in [0.1, 0.15) is 28.4 Å². The van der Waals surface area contributed by atoms with Gasteiger partial charge in [-0.1, -0.05) is 12.1 Å². The molecule has 1 atom stereocenters. The van der Waals surface area contributed by atoms with E-state index in [0.29, 0.717) is 17.5 Å². The number of nitrogens with zero attached hydrogens (tertiary/aromatic N) is 3. The van der Waals surface area contributed by atoms with Crippen molar-refractivity contribution in [1.29, 1.82) is 0 Å². The SMILES string of the molecule is Cn1cc(-c2cncc(Cc3cc(F)c4c(c3)OCC(c3ccc(C(F)(F)F)cc3)O4)c2)cn1. The first-order valence-corrected chi connectivity index (χ1v) is 10.5. The van der Waals surface area contributed by atoms with E-state index in [9.17, 15) is 17.6 Å². The number of alkyl halides is 3. The van der Waals surface area contributed by atoms with Gasteiger partial charge in [-0.2, -0.15) is 18.3 Å². The third kappa shape index (κ3) is 4.46. The van der Waals surface area contributed by atoms with Gasteiger partial charge in [0.1, 0.15) is 6.61 Å². The second kappa shape index (κ2) is 8.48. The first-order chi connectivity index (χ1) is 16.3. The van der Waals surface area contributed by atoms with Crippen molar-refractivity contribution in [3.63, 3.8) is 0 Å². The van der Waals surface area contributed by atoms with Crippen LogP contribution in [-0.4, -0.2) is 21.4 Å². The van der Waals surface area contributed by atoms with Crippen molar-refractivity contribution in [2.24, 2.45) is 7.05 Å². The highest BCUT2D eigenvalue weighted by Crippen LogP contribution is 2.40. The van der Waals surface area contributed by atoms with Gasteiger partial charge in [-0.05, 0) is 53.4 Å². The molecule has 5 nitrogen and oxygen atoms in total. The molecule has 1 aliphatic heterocycles. The Balaban J connectivity index is 1.34. The van der Waals surface area contributed by atoms with Crippen LogP contribution >= 0.6 is 0 Å². The highest BCUT2D eigenvalue weighted by Gasteiger charge is 2.31. The third-order valence-corrected chi connectivity index (χ3v) is 5.57. The Bertz CT molecular complexity index is 1330. The quantitative estimate of drug-likeness (QED) is 0.358. The van der Waals surface area contributed by atoms with Gasteiger partial charge >= 0.3 is 6.18 Å². The van der Waals surface area contributed by atoms with Crippen LogP contribution in [0.3, 0.4) is 0 Å². The Labute approximate surface area is 192 Å². The molecule has 34 heavy (non-hydrogen) atoms. The van der Waals surface area contributed by atoms with Gasteiger partial charge in [0.05, 0.1) is 11.8 Å². The van der Waals surface area contributed by atoms with Crippen molar-refractivity contribution in [3.05, 3.63) is 95.3 Å². The summed E-state index contributed by atoms with van der Waals surface area (Å²) in [5.41, 5.74) is 3.12. The van der Waals surface area contributed by atoms with Crippen molar-refractivity contribution in [2.75, 3.05) is 6.61 Å². The van der Waals surface area contributed by atoms with Crippen molar-refractivity contribution < 1.29 is 27.0 Å². The minimum atomic E-state index is -4.43. The lowest BCUT2D eigenvalue weighted by Crippen LogP contribution is -2.22. The van der Waals surface area contributed by atoms with Crippen molar-refractivity contribution in [2.45, 2.75) is 18.7 Å². The van der Waals surface area contributed by atoms with Crippen molar-refractivity contribution in [1.82, 2.24) is 14.8 Å². The lowest BCUT2D eigenvalue weighted by atomic mass is 10.0. The number of aryl methyl sites for hydroxylation is 1. The number of fused-ring (bicyclic) bond motifs is 1. The monoisotopic (exact) mass is 469 g/mol. The molecule has 174 valence electrons. The first-order valence-electron chi connectivity index (χ1n) is 10.5. The van der Waals surface area contributed by atoms with Crippen molar-refractivity contribution >= 4 is 0 Å². The number of aromatic nitrogens is 3. The van der Waals surface area contributed by atoms with Crippen LogP contribution < -0.4 is 9.47 Å². The second-order valence-electron chi connectivity index (χ2n) is 8.10. The predicted octanol–water partition coefficient (Wildman–Crippen LogP) is 5.74. The molecule has 1 unspecified atom stereocenters. The summed E-state index contributed by atoms with van der Waals surface area (Å²) in [6.45, 7) is 0.0549. The average Bonchev–Trinajstić information content (AvgIpc) is 3.25. The van der Waals surface area contributed by atoms with Gasteiger partial charge in [-0.15, -0.1) is 0 Å². The van der Waals surface area contributed by atoms with Crippen LogP contribution in [0.25, 0.3) is 11.1 Å². The lowest BCUT2D eigenvalue weighted by molar-refractivity contribution is -0.137. The summed E-state index contributed by atoms with van der Waals surface area (Å²) in [7, 11) is 1.83. The molecule has 0 aliphatic carbocycles. The smallest absolute Gasteiger partial charge is 0.416 e. The van der Waals surface area contributed by atoms with Crippen LogP contribution in [0, 0.1) is 5.82 Å². The summed E-state index contributed by atoms with van der Waals surface area (Å²) in [6.07, 6.45) is 2.38. The van der Waals surface area contributed by atoms with Gasteiger partial charge < -0.3 is 9.47 Å². The van der Waals surface area contributed by atoms with Crippen molar-refractivity contribution in [3.8, 4) is 22.6 Å². The largest absolute Gasteiger partial charge is 0.485 e. The van der Waals surface area contributed by atoms with Crippen LogP contribution in [0.4, 0.5) is 17.6 Å². The Morgan fingerprint density at radius 1 is 1.00 bits per heavy atom. The maximum Gasteiger partial charge on any atom is 0.416 e. The molecule has 2 aromatic heterocycles. The molecule has 0 bridgehead atoms. The highest BCUT2D eigenvalue weighted by molar-refractivity contribution is 5.61. The number of ether oxygens (including phenoxy) is 2. The topological polar surface area (TPSA) is 49.2 Å². The number of rotatable bonds is 4. The molecule has 4 aromatic rings. The average molecular weight is 469 g/mol. The Hall–Kier alpha value is -3.88. The molecule has 2 aromatic carbocycles. The van der Waals surface area contributed by atoms with Gasteiger partial charge in [-0.25, -0.2) is 4.39 Å². The van der Waals surface area contributed by atoms with Gasteiger partial charge in [0.2, 0.25) is 0 Å². The van der Waals surface area contributed by atoms with E-state index in [2.05, 4.69) is 10.1 Å². The molecule has 0 amide bonds. The molecule has 3 heterocycles. The molecule has 0 N–H and O–H groups in total. The van der Waals surface area contributed by atoms with E-state index in [0.717, 1.165) is 28.8 Å². The second-order valence-corrected chi connectivity index (χ2v) is 8.10. The molecule has 1 aliphatic rings. The molecule has 5 rings (SSSR count). The number of hydrogen-bond donors (Lipinski definition) is 0. The first kappa shape index (κ1) is 21.9. The fourth-order valence-corrected chi connectivity index (χ4v) is 3.89. The summed E-state index contributed by atoms with van der Waals surface area (Å²) in [4.78, 5) is 4.28. The normalized spacial score (nSPS) is 15.4. The molecule has 0 saturated carbocycles. The van der Waals surface area contributed by atoms with Gasteiger partial charge in [0.15, 0.2) is 23.4 Å².